The van der Waals surface area contributed by atoms with E-state index in [2.05, 4.69) is 32.6 Å². The van der Waals surface area contributed by atoms with Gasteiger partial charge >= 0.3 is 0 Å². The van der Waals surface area contributed by atoms with Crippen LogP contribution in [-0.4, -0.2) is 13.1 Å². The van der Waals surface area contributed by atoms with Crippen molar-refractivity contribution in [3.8, 4) is 0 Å². The van der Waals surface area contributed by atoms with Gasteiger partial charge in [-0.25, -0.2) is 4.39 Å². The summed E-state index contributed by atoms with van der Waals surface area (Å²) in [5, 5.41) is 0. The van der Waals surface area contributed by atoms with Crippen LogP contribution in [0.15, 0.2) is 18.2 Å². The zero-order valence-electron chi connectivity index (χ0n) is 11.2. The molecule has 0 amide bonds. The van der Waals surface area contributed by atoms with E-state index in [1.165, 1.54) is 12.1 Å². The Morgan fingerprint density at radius 2 is 1.65 bits per heavy atom. The van der Waals surface area contributed by atoms with Gasteiger partial charge in [0.25, 0.3) is 0 Å². The summed E-state index contributed by atoms with van der Waals surface area (Å²) < 4.78 is 13.0. The van der Waals surface area contributed by atoms with Gasteiger partial charge in [-0.15, -0.1) is 0 Å². The van der Waals surface area contributed by atoms with Crippen molar-refractivity contribution in [2.24, 2.45) is 11.8 Å². The van der Waals surface area contributed by atoms with Gasteiger partial charge in [-0.1, -0.05) is 27.7 Å². The number of nitrogens with two attached hydrogens (primary N) is 1. The fraction of sp³-hybridized carbons (Fsp3) is 0.571. The van der Waals surface area contributed by atoms with Crippen LogP contribution in [0.5, 0.6) is 0 Å². The highest BCUT2D eigenvalue weighted by molar-refractivity contribution is 5.67. The second-order valence-electron chi connectivity index (χ2n) is 5.40. The van der Waals surface area contributed by atoms with Gasteiger partial charge in [-0.2, -0.15) is 0 Å². The maximum absolute atomic E-state index is 13.0. The number of hydrogen-bond donors (Lipinski definition) is 1. The van der Waals surface area contributed by atoms with Crippen LogP contribution in [-0.2, 0) is 0 Å². The molecule has 2 nitrogen and oxygen atoms in total. The largest absolute Gasteiger partial charge is 0.397 e. The van der Waals surface area contributed by atoms with Gasteiger partial charge in [0.1, 0.15) is 5.82 Å². The summed E-state index contributed by atoms with van der Waals surface area (Å²) in [5.74, 6) is 0.830. The summed E-state index contributed by atoms with van der Waals surface area (Å²) in [6, 6.07) is 4.64. The Bertz CT molecular complexity index is 351. The molecule has 0 spiro atoms. The molecule has 0 bridgehead atoms. The van der Waals surface area contributed by atoms with Crippen LogP contribution in [0.1, 0.15) is 27.7 Å². The van der Waals surface area contributed by atoms with Crippen molar-refractivity contribution < 1.29 is 4.39 Å². The van der Waals surface area contributed by atoms with Crippen molar-refractivity contribution in [2.75, 3.05) is 23.7 Å². The van der Waals surface area contributed by atoms with Crippen molar-refractivity contribution in [1.29, 1.82) is 0 Å². The molecule has 0 radical (unpaired) electrons. The Balaban J connectivity index is 2.95. The summed E-state index contributed by atoms with van der Waals surface area (Å²) in [7, 11) is 0. The molecule has 0 unspecified atom stereocenters. The summed E-state index contributed by atoms with van der Waals surface area (Å²) in [4.78, 5) is 2.24. The highest BCUT2D eigenvalue weighted by Crippen LogP contribution is 2.25. The van der Waals surface area contributed by atoms with Crippen LogP contribution in [0.2, 0.25) is 0 Å². The standard InChI is InChI=1S/C14H23FN2/c1-10(2)8-17(9-11(3)4)14-6-5-12(15)7-13(14)16/h5-7,10-11H,8-9,16H2,1-4H3. The SMILES string of the molecule is CC(C)CN(CC(C)C)c1ccc(F)cc1N. The number of halogens is 1. The van der Waals surface area contributed by atoms with E-state index >= 15 is 0 Å². The number of rotatable bonds is 5. The van der Waals surface area contributed by atoms with E-state index < -0.39 is 0 Å². The second-order valence-corrected chi connectivity index (χ2v) is 5.40. The molecule has 0 atom stereocenters. The Labute approximate surface area is 104 Å². The van der Waals surface area contributed by atoms with Crippen molar-refractivity contribution in [3.63, 3.8) is 0 Å². The average Bonchev–Trinajstić information content (AvgIpc) is 2.14. The summed E-state index contributed by atoms with van der Waals surface area (Å²) >= 11 is 0. The predicted molar refractivity (Wildman–Crippen MR) is 72.7 cm³/mol. The van der Waals surface area contributed by atoms with E-state index in [1.54, 1.807) is 6.07 Å². The van der Waals surface area contributed by atoms with E-state index in [-0.39, 0.29) is 5.82 Å². The summed E-state index contributed by atoms with van der Waals surface area (Å²) in [6.45, 7) is 10.6. The Morgan fingerprint density at radius 1 is 1.12 bits per heavy atom. The van der Waals surface area contributed by atoms with Crippen molar-refractivity contribution >= 4 is 11.4 Å². The normalized spacial score (nSPS) is 11.2. The molecule has 0 aliphatic rings. The van der Waals surface area contributed by atoms with Crippen molar-refractivity contribution in [2.45, 2.75) is 27.7 Å². The highest BCUT2D eigenvalue weighted by atomic mass is 19.1. The molecular formula is C14H23FN2. The lowest BCUT2D eigenvalue weighted by Gasteiger charge is -2.29. The molecule has 2 N–H and O–H groups in total. The summed E-state index contributed by atoms with van der Waals surface area (Å²) in [6.07, 6.45) is 0. The zero-order chi connectivity index (χ0) is 13.0. The lowest BCUT2D eigenvalue weighted by molar-refractivity contribution is 0.552. The third-order valence-electron chi connectivity index (χ3n) is 2.50. The van der Waals surface area contributed by atoms with Crippen LogP contribution in [0.3, 0.4) is 0 Å². The minimum absolute atomic E-state index is 0.278. The topological polar surface area (TPSA) is 29.3 Å². The molecule has 1 aromatic carbocycles. The Kier molecular flexibility index (Phi) is 4.79. The van der Waals surface area contributed by atoms with Gasteiger partial charge in [0.15, 0.2) is 0 Å². The van der Waals surface area contributed by atoms with Gasteiger partial charge in [0, 0.05) is 13.1 Å². The fourth-order valence-electron chi connectivity index (χ4n) is 1.97. The number of nitrogens with zero attached hydrogens (tertiary/aromatic N) is 1. The molecule has 1 rings (SSSR count). The lowest BCUT2D eigenvalue weighted by Crippen LogP contribution is -2.31. The minimum Gasteiger partial charge on any atom is -0.397 e. The van der Waals surface area contributed by atoms with Gasteiger partial charge in [-0.05, 0) is 30.0 Å². The van der Waals surface area contributed by atoms with E-state index in [0.29, 0.717) is 17.5 Å². The molecule has 0 aliphatic carbocycles. The van der Waals surface area contributed by atoms with Crippen LogP contribution in [0, 0.1) is 17.7 Å². The average molecular weight is 238 g/mol. The number of anilines is 2. The molecule has 96 valence electrons. The van der Waals surface area contributed by atoms with E-state index in [4.69, 9.17) is 5.73 Å². The van der Waals surface area contributed by atoms with Gasteiger partial charge < -0.3 is 10.6 Å². The van der Waals surface area contributed by atoms with Crippen molar-refractivity contribution in [1.82, 2.24) is 0 Å². The van der Waals surface area contributed by atoms with E-state index in [0.717, 1.165) is 18.8 Å². The molecule has 17 heavy (non-hydrogen) atoms. The molecule has 0 saturated carbocycles. The van der Waals surface area contributed by atoms with Crippen molar-refractivity contribution in [3.05, 3.63) is 24.0 Å². The van der Waals surface area contributed by atoms with Gasteiger partial charge in [-0.3, -0.25) is 0 Å². The maximum Gasteiger partial charge on any atom is 0.125 e. The van der Waals surface area contributed by atoms with Crippen LogP contribution < -0.4 is 10.6 Å². The first-order chi connectivity index (χ1) is 7.90. The summed E-state index contributed by atoms with van der Waals surface area (Å²) in [5.41, 5.74) is 7.35. The van der Waals surface area contributed by atoms with E-state index in [1.807, 2.05) is 0 Å². The Morgan fingerprint density at radius 3 is 2.06 bits per heavy atom. The molecule has 0 aromatic heterocycles. The fourth-order valence-corrected chi connectivity index (χ4v) is 1.97. The highest BCUT2D eigenvalue weighted by Gasteiger charge is 2.13. The van der Waals surface area contributed by atoms with Crippen LogP contribution >= 0.6 is 0 Å². The molecule has 0 heterocycles. The monoisotopic (exact) mass is 238 g/mol. The third-order valence-corrected chi connectivity index (χ3v) is 2.50. The molecule has 3 heteroatoms. The molecular weight excluding hydrogens is 215 g/mol. The lowest BCUT2D eigenvalue weighted by atomic mass is 10.1. The predicted octanol–water partition coefficient (Wildman–Crippen LogP) is 3.53. The minimum atomic E-state index is -0.278. The van der Waals surface area contributed by atoms with Gasteiger partial charge in [0.05, 0.1) is 11.4 Å². The van der Waals surface area contributed by atoms with E-state index in [9.17, 15) is 4.39 Å². The first-order valence-corrected chi connectivity index (χ1v) is 6.20. The number of hydrogen-bond acceptors (Lipinski definition) is 2. The quantitative estimate of drug-likeness (QED) is 0.795. The third kappa shape index (κ3) is 4.25. The molecule has 0 aliphatic heterocycles. The van der Waals surface area contributed by atoms with Crippen LogP contribution in [0.4, 0.5) is 15.8 Å². The molecule has 0 fully saturated rings. The first-order valence-electron chi connectivity index (χ1n) is 6.20. The smallest absolute Gasteiger partial charge is 0.125 e. The van der Waals surface area contributed by atoms with Crippen LogP contribution in [0.25, 0.3) is 0 Å². The maximum atomic E-state index is 13.0. The molecule has 1 aromatic rings. The Hall–Kier alpha value is -1.25. The second kappa shape index (κ2) is 5.89. The zero-order valence-corrected chi connectivity index (χ0v) is 11.2. The molecule has 0 saturated heterocycles. The number of benzene rings is 1. The number of nitrogen functional groups attached to an aromatic ring is 1. The first kappa shape index (κ1) is 13.8. The van der Waals surface area contributed by atoms with Gasteiger partial charge in [0.2, 0.25) is 0 Å².